The molecule has 0 radical (unpaired) electrons. The summed E-state index contributed by atoms with van der Waals surface area (Å²) < 4.78 is 27.3. The van der Waals surface area contributed by atoms with Gasteiger partial charge in [0.1, 0.15) is 0 Å². The Hall–Kier alpha value is -1.98. The van der Waals surface area contributed by atoms with Crippen LogP contribution < -0.4 is 0 Å². The molecule has 5 heteroatoms. The predicted octanol–water partition coefficient (Wildman–Crippen LogP) is 3.43. The maximum Gasteiger partial charge on any atom is 0.243 e. The van der Waals surface area contributed by atoms with E-state index in [1.807, 2.05) is 43.5 Å². The summed E-state index contributed by atoms with van der Waals surface area (Å²) in [6, 6.07) is 15.2. The van der Waals surface area contributed by atoms with E-state index in [1.165, 1.54) is 5.56 Å². The zero-order valence-electron chi connectivity index (χ0n) is 13.6. The molecular weight excluding hydrogens is 320 g/mol. The molecule has 4 nitrogen and oxygen atoms in total. The monoisotopic (exact) mass is 340 g/mol. The molecule has 2 aliphatic heterocycles. The minimum absolute atomic E-state index is 0.101. The van der Waals surface area contributed by atoms with Crippen molar-refractivity contribution in [3.63, 3.8) is 0 Å². The van der Waals surface area contributed by atoms with E-state index in [0.717, 1.165) is 24.1 Å². The summed E-state index contributed by atoms with van der Waals surface area (Å²) in [5.74, 6) is 0. The van der Waals surface area contributed by atoms with Gasteiger partial charge in [0.05, 0.1) is 10.6 Å². The maximum absolute atomic E-state index is 12.8. The largest absolute Gasteiger partial charge is 0.260 e. The van der Waals surface area contributed by atoms with Gasteiger partial charge >= 0.3 is 0 Å². The third-order valence-corrected chi connectivity index (χ3v) is 7.08. The molecule has 1 saturated heterocycles. The smallest absolute Gasteiger partial charge is 0.243 e. The van der Waals surface area contributed by atoms with Crippen LogP contribution in [0.25, 0.3) is 0 Å². The molecule has 0 unspecified atom stereocenters. The van der Waals surface area contributed by atoms with Gasteiger partial charge in [0.15, 0.2) is 0 Å². The summed E-state index contributed by atoms with van der Waals surface area (Å²) in [6.45, 7) is 3.01. The first-order chi connectivity index (χ1) is 11.5. The van der Waals surface area contributed by atoms with Crippen LogP contribution in [0.1, 0.15) is 24.0 Å². The van der Waals surface area contributed by atoms with E-state index in [0.29, 0.717) is 18.0 Å². The Kier molecular flexibility index (Phi) is 3.58. The Morgan fingerprint density at radius 1 is 1.00 bits per heavy atom. The molecule has 124 valence electrons. The first kappa shape index (κ1) is 15.5. The molecule has 24 heavy (non-hydrogen) atoms. The third-order valence-electron chi connectivity index (χ3n) is 5.16. The van der Waals surface area contributed by atoms with Crippen LogP contribution in [0.4, 0.5) is 5.69 Å². The minimum atomic E-state index is -3.41. The molecule has 0 amide bonds. The number of nitrogens with zero attached hydrogens (tertiary/aromatic N) is 2. The summed E-state index contributed by atoms with van der Waals surface area (Å²) in [5.41, 5.74) is 3.21. The predicted molar refractivity (Wildman–Crippen MR) is 95.4 cm³/mol. The Bertz CT molecular complexity index is 893. The SMILES string of the molecule is Cc1ccc(S(=O)(=O)N2CCC3(C=Nc4ccccc43)CC2)cc1. The Labute approximate surface area is 142 Å². The first-order valence-corrected chi connectivity index (χ1v) is 9.67. The van der Waals surface area contributed by atoms with Crippen molar-refractivity contribution < 1.29 is 8.42 Å². The van der Waals surface area contributed by atoms with Crippen LogP contribution in [-0.2, 0) is 15.4 Å². The highest BCUT2D eigenvalue weighted by Crippen LogP contribution is 2.44. The molecule has 0 aromatic heterocycles. The van der Waals surface area contributed by atoms with Gasteiger partial charge in [-0.15, -0.1) is 0 Å². The lowest BCUT2D eigenvalue weighted by molar-refractivity contribution is 0.291. The van der Waals surface area contributed by atoms with E-state index in [-0.39, 0.29) is 5.41 Å². The van der Waals surface area contributed by atoms with Crippen LogP contribution >= 0.6 is 0 Å². The normalized spacial score (nSPS) is 19.5. The quantitative estimate of drug-likeness (QED) is 0.841. The second-order valence-electron chi connectivity index (χ2n) is 6.65. The first-order valence-electron chi connectivity index (χ1n) is 8.23. The Balaban J connectivity index is 1.57. The van der Waals surface area contributed by atoms with Crippen molar-refractivity contribution in [3.8, 4) is 0 Å². The lowest BCUT2D eigenvalue weighted by Crippen LogP contribution is -2.45. The van der Waals surface area contributed by atoms with Gasteiger partial charge in [-0.05, 0) is 43.5 Å². The summed E-state index contributed by atoms with van der Waals surface area (Å²) in [4.78, 5) is 4.92. The highest BCUT2D eigenvalue weighted by molar-refractivity contribution is 7.89. The molecule has 2 heterocycles. The lowest BCUT2D eigenvalue weighted by atomic mass is 9.75. The minimum Gasteiger partial charge on any atom is -0.260 e. The summed E-state index contributed by atoms with van der Waals surface area (Å²) >= 11 is 0. The van der Waals surface area contributed by atoms with E-state index in [9.17, 15) is 8.42 Å². The molecular formula is C19H20N2O2S. The zero-order chi connectivity index (χ0) is 16.8. The van der Waals surface area contributed by atoms with Crippen LogP contribution in [0.15, 0.2) is 58.4 Å². The van der Waals surface area contributed by atoms with Gasteiger partial charge in [0.2, 0.25) is 10.0 Å². The highest BCUT2D eigenvalue weighted by atomic mass is 32.2. The number of rotatable bonds is 2. The van der Waals surface area contributed by atoms with Crippen molar-refractivity contribution in [1.82, 2.24) is 4.31 Å². The fraction of sp³-hybridized carbons (Fsp3) is 0.316. The molecule has 1 fully saturated rings. The molecule has 4 rings (SSSR count). The number of benzene rings is 2. The molecule has 0 saturated carbocycles. The summed E-state index contributed by atoms with van der Waals surface area (Å²) in [5, 5.41) is 0. The second kappa shape index (κ2) is 5.53. The highest BCUT2D eigenvalue weighted by Gasteiger charge is 2.41. The lowest BCUT2D eigenvalue weighted by Gasteiger charge is -2.37. The van der Waals surface area contributed by atoms with Gasteiger partial charge in [-0.2, -0.15) is 4.31 Å². The van der Waals surface area contributed by atoms with E-state index in [4.69, 9.17) is 0 Å². The zero-order valence-corrected chi connectivity index (χ0v) is 14.5. The van der Waals surface area contributed by atoms with Crippen LogP contribution in [-0.4, -0.2) is 32.0 Å². The topological polar surface area (TPSA) is 49.7 Å². The molecule has 0 bridgehead atoms. The number of sulfonamides is 1. The number of hydrogen-bond acceptors (Lipinski definition) is 3. The van der Waals surface area contributed by atoms with Crippen LogP contribution in [0, 0.1) is 6.92 Å². The van der Waals surface area contributed by atoms with Gasteiger partial charge in [-0.3, -0.25) is 4.99 Å². The fourth-order valence-corrected chi connectivity index (χ4v) is 5.09. The average Bonchev–Trinajstić information content (AvgIpc) is 2.95. The number of hydrogen-bond donors (Lipinski definition) is 0. The van der Waals surface area contributed by atoms with Crippen molar-refractivity contribution in [2.24, 2.45) is 4.99 Å². The molecule has 0 atom stereocenters. The van der Waals surface area contributed by atoms with E-state index >= 15 is 0 Å². The van der Waals surface area contributed by atoms with Crippen molar-refractivity contribution in [3.05, 3.63) is 59.7 Å². The van der Waals surface area contributed by atoms with Crippen molar-refractivity contribution in [2.45, 2.75) is 30.1 Å². The van der Waals surface area contributed by atoms with Crippen LogP contribution in [0.5, 0.6) is 0 Å². The maximum atomic E-state index is 12.8. The van der Waals surface area contributed by atoms with Gasteiger partial charge in [0.25, 0.3) is 0 Å². The van der Waals surface area contributed by atoms with Crippen LogP contribution in [0.3, 0.4) is 0 Å². The summed E-state index contributed by atoms with van der Waals surface area (Å²) in [7, 11) is -3.41. The van der Waals surface area contributed by atoms with Crippen LogP contribution in [0.2, 0.25) is 0 Å². The molecule has 2 aliphatic rings. The van der Waals surface area contributed by atoms with Gasteiger partial charge in [0, 0.05) is 24.7 Å². The Morgan fingerprint density at radius 2 is 1.67 bits per heavy atom. The number of fused-ring (bicyclic) bond motifs is 2. The van der Waals surface area contributed by atoms with Gasteiger partial charge < -0.3 is 0 Å². The third kappa shape index (κ3) is 2.39. The number of aryl methyl sites for hydroxylation is 1. The van der Waals surface area contributed by atoms with Crippen molar-refractivity contribution >= 4 is 21.9 Å². The number of aliphatic imine (C=N–C) groups is 1. The molecule has 0 N–H and O–H groups in total. The van der Waals surface area contributed by atoms with E-state index in [1.54, 1.807) is 16.4 Å². The number of piperidine rings is 1. The van der Waals surface area contributed by atoms with Crippen molar-refractivity contribution in [2.75, 3.05) is 13.1 Å². The van der Waals surface area contributed by atoms with E-state index < -0.39 is 10.0 Å². The van der Waals surface area contributed by atoms with Gasteiger partial charge in [-0.1, -0.05) is 35.9 Å². The molecule has 2 aromatic rings. The van der Waals surface area contributed by atoms with Crippen molar-refractivity contribution in [1.29, 1.82) is 0 Å². The Morgan fingerprint density at radius 3 is 2.38 bits per heavy atom. The number of para-hydroxylation sites is 1. The molecule has 0 aliphatic carbocycles. The van der Waals surface area contributed by atoms with Gasteiger partial charge in [-0.25, -0.2) is 8.42 Å². The molecule has 2 aromatic carbocycles. The second-order valence-corrected chi connectivity index (χ2v) is 8.59. The fourth-order valence-electron chi connectivity index (χ4n) is 3.65. The standard InChI is InChI=1S/C19H20N2O2S/c1-15-6-8-16(9-7-15)24(22,23)21-12-10-19(11-13-21)14-20-18-5-3-2-4-17(18)19/h2-9,14H,10-13H2,1H3. The van der Waals surface area contributed by atoms with E-state index in [2.05, 4.69) is 11.1 Å². The molecule has 1 spiro atoms. The summed E-state index contributed by atoms with van der Waals surface area (Å²) in [6.07, 6.45) is 3.57. The average molecular weight is 340 g/mol.